The van der Waals surface area contributed by atoms with E-state index in [4.69, 9.17) is 4.74 Å². The number of hydrogen-bond donors (Lipinski definition) is 2. The van der Waals surface area contributed by atoms with Gasteiger partial charge in [0.2, 0.25) is 11.8 Å². The number of amides is 2. The number of morpholine rings is 1. The molecule has 0 radical (unpaired) electrons. The van der Waals surface area contributed by atoms with Crippen LogP contribution < -0.4 is 5.32 Å². The largest absolute Gasteiger partial charge is 0.481 e. The van der Waals surface area contributed by atoms with E-state index in [1.54, 1.807) is 4.90 Å². The Morgan fingerprint density at radius 3 is 2.48 bits per heavy atom. The Kier molecular flexibility index (Phi) is 4.54. The minimum Gasteiger partial charge on any atom is -0.481 e. The quantitative estimate of drug-likeness (QED) is 0.683. The van der Waals surface area contributed by atoms with Crippen molar-refractivity contribution in [3.05, 3.63) is 0 Å². The van der Waals surface area contributed by atoms with E-state index in [2.05, 4.69) is 10.2 Å². The van der Waals surface area contributed by atoms with Gasteiger partial charge in [0, 0.05) is 32.6 Å². The number of carboxylic acid groups (broad SMARTS) is 1. The molecule has 0 aromatic heterocycles. The minimum absolute atomic E-state index is 0.0387. The summed E-state index contributed by atoms with van der Waals surface area (Å²) >= 11 is 0. The Morgan fingerprint density at radius 1 is 1.22 bits per heavy atom. The summed E-state index contributed by atoms with van der Waals surface area (Å²) in [6.45, 7) is 4.21. The van der Waals surface area contributed by atoms with Gasteiger partial charge in [-0.3, -0.25) is 19.3 Å². The predicted molar refractivity (Wildman–Crippen MR) is 79.7 cm³/mol. The molecule has 3 fully saturated rings. The summed E-state index contributed by atoms with van der Waals surface area (Å²) in [5.74, 6) is -1.76. The van der Waals surface area contributed by atoms with Gasteiger partial charge in [0.05, 0.1) is 31.2 Å². The van der Waals surface area contributed by atoms with Crippen molar-refractivity contribution >= 4 is 17.8 Å². The smallest absolute Gasteiger partial charge is 0.309 e. The van der Waals surface area contributed by atoms with Crippen molar-refractivity contribution in [2.75, 3.05) is 45.9 Å². The number of carbonyl (C=O) groups is 3. The molecule has 1 spiro atoms. The summed E-state index contributed by atoms with van der Waals surface area (Å²) in [6, 6.07) is 0. The van der Waals surface area contributed by atoms with Crippen molar-refractivity contribution < 1.29 is 24.2 Å². The molecule has 0 bridgehead atoms. The van der Waals surface area contributed by atoms with Crippen molar-refractivity contribution in [2.45, 2.75) is 24.8 Å². The molecule has 3 heterocycles. The van der Waals surface area contributed by atoms with Crippen LogP contribution in [0.1, 0.15) is 19.3 Å². The van der Waals surface area contributed by atoms with Gasteiger partial charge in [-0.25, -0.2) is 0 Å². The number of nitrogens with zero attached hydrogens (tertiary/aromatic N) is 2. The Labute approximate surface area is 134 Å². The molecule has 23 heavy (non-hydrogen) atoms. The van der Waals surface area contributed by atoms with E-state index < -0.39 is 17.4 Å². The van der Waals surface area contributed by atoms with Crippen LogP contribution in [0.3, 0.4) is 0 Å². The number of hydrogen-bond acceptors (Lipinski definition) is 5. The summed E-state index contributed by atoms with van der Waals surface area (Å²) in [4.78, 5) is 39.3. The highest BCUT2D eigenvalue weighted by atomic mass is 16.5. The van der Waals surface area contributed by atoms with Gasteiger partial charge in [0.1, 0.15) is 0 Å². The lowest BCUT2D eigenvalue weighted by Gasteiger charge is -2.42. The third-order valence-corrected chi connectivity index (χ3v) is 5.21. The summed E-state index contributed by atoms with van der Waals surface area (Å²) in [5.41, 5.74) is -0.682. The lowest BCUT2D eigenvalue weighted by molar-refractivity contribution is -0.145. The van der Waals surface area contributed by atoms with Crippen molar-refractivity contribution in [1.82, 2.24) is 15.1 Å². The van der Waals surface area contributed by atoms with Crippen LogP contribution in [0.4, 0.5) is 0 Å². The third kappa shape index (κ3) is 3.32. The molecule has 3 aliphatic heterocycles. The third-order valence-electron chi connectivity index (χ3n) is 5.21. The first kappa shape index (κ1) is 16.2. The number of carboxylic acids is 1. The number of rotatable bonds is 3. The number of aliphatic carboxylic acids is 1. The fraction of sp³-hybridized carbons (Fsp3) is 0.800. The van der Waals surface area contributed by atoms with Gasteiger partial charge in [0.15, 0.2) is 0 Å². The maximum Gasteiger partial charge on any atom is 0.309 e. The van der Waals surface area contributed by atoms with Gasteiger partial charge < -0.3 is 20.1 Å². The molecule has 0 aromatic rings. The molecule has 3 saturated heterocycles. The highest BCUT2D eigenvalue weighted by Gasteiger charge is 2.51. The number of carbonyl (C=O) groups excluding carboxylic acids is 2. The second-order valence-electron chi connectivity index (χ2n) is 6.57. The van der Waals surface area contributed by atoms with Crippen molar-refractivity contribution in [3.63, 3.8) is 0 Å². The SMILES string of the molecule is O=C1CC(C(=O)O)C2(CCN(C(=O)CN3CCOCC3)CC2)N1. The van der Waals surface area contributed by atoms with Crippen molar-refractivity contribution in [1.29, 1.82) is 0 Å². The second kappa shape index (κ2) is 6.45. The highest BCUT2D eigenvalue weighted by Crippen LogP contribution is 2.36. The molecule has 2 amide bonds. The molecule has 3 aliphatic rings. The number of likely N-dealkylation sites (tertiary alicyclic amines) is 1. The van der Waals surface area contributed by atoms with Gasteiger partial charge >= 0.3 is 5.97 Å². The van der Waals surface area contributed by atoms with Crippen LogP contribution in [-0.4, -0.2) is 84.2 Å². The second-order valence-corrected chi connectivity index (χ2v) is 6.57. The lowest BCUT2D eigenvalue weighted by atomic mass is 9.77. The maximum atomic E-state index is 12.4. The normalized spacial score (nSPS) is 27.9. The minimum atomic E-state index is -0.934. The molecule has 0 saturated carbocycles. The fourth-order valence-electron chi connectivity index (χ4n) is 3.80. The first-order valence-electron chi connectivity index (χ1n) is 8.12. The molecular formula is C15H23N3O5. The average molecular weight is 325 g/mol. The Morgan fingerprint density at radius 2 is 1.87 bits per heavy atom. The monoisotopic (exact) mass is 325 g/mol. The lowest BCUT2D eigenvalue weighted by Crippen LogP contribution is -2.57. The molecule has 1 unspecified atom stereocenters. The Hall–Kier alpha value is -1.67. The van der Waals surface area contributed by atoms with Crippen molar-refractivity contribution in [2.24, 2.45) is 5.92 Å². The molecule has 1 atom stereocenters. The van der Waals surface area contributed by atoms with Gasteiger partial charge in [-0.15, -0.1) is 0 Å². The van der Waals surface area contributed by atoms with Crippen LogP contribution in [0.2, 0.25) is 0 Å². The maximum absolute atomic E-state index is 12.4. The zero-order chi connectivity index (χ0) is 16.4. The average Bonchev–Trinajstić information content (AvgIpc) is 2.85. The van der Waals surface area contributed by atoms with E-state index in [0.717, 1.165) is 13.1 Å². The summed E-state index contributed by atoms with van der Waals surface area (Å²) in [6.07, 6.45) is 1.05. The van der Waals surface area contributed by atoms with Crippen LogP contribution in [-0.2, 0) is 19.1 Å². The number of piperidine rings is 1. The van der Waals surface area contributed by atoms with E-state index in [1.165, 1.54) is 0 Å². The summed E-state index contributed by atoms with van der Waals surface area (Å²) in [7, 11) is 0. The predicted octanol–water partition coefficient (Wildman–Crippen LogP) is -1.10. The van der Waals surface area contributed by atoms with Gasteiger partial charge in [-0.1, -0.05) is 0 Å². The van der Waals surface area contributed by atoms with E-state index >= 15 is 0 Å². The van der Waals surface area contributed by atoms with E-state index in [-0.39, 0.29) is 18.2 Å². The van der Waals surface area contributed by atoms with Crippen LogP contribution in [0.25, 0.3) is 0 Å². The molecule has 2 N–H and O–H groups in total. The first-order valence-corrected chi connectivity index (χ1v) is 8.12. The Bertz CT molecular complexity index is 495. The molecule has 3 rings (SSSR count). The molecule has 0 aliphatic carbocycles. The number of ether oxygens (including phenoxy) is 1. The van der Waals surface area contributed by atoms with Crippen LogP contribution >= 0.6 is 0 Å². The highest BCUT2D eigenvalue weighted by molar-refractivity contribution is 5.88. The van der Waals surface area contributed by atoms with Gasteiger partial charge in [-0.2, -0.15) is 0 Å². The van der Waals surface area contributed by atoms with Crippen LogP contribution in [0.15, 0.2) is 0 Å². The molecule has 8 nitrogen and oxygen atoms in total. The first-order chi connectivity index (χ1) is 11.0. The molecular weight excluding hydrogens is 302 g/mol. The molecule has 0 aromatic carbocycles. The topological polar surface area (TPSA) is 99.2 Å². The Balaban J connectivity index is 1.56. The number of nitrogens with one attached hydrogen (secondary N) is 1. The zero-order valence-electron chi connectivity index (χ0n) is 13.1. The van der Waals surface area contributed by atoms with E-state index in [9.17, 15) is 19.5 Å². The molecule has 8 heteroatoms. The van der Waals surface area contributed by atoms with E-state index in [1.807, 2.05) is 0 Å². The molecule has 128 valence electrons. The standard InChI is InChI=1S/C15H23N3O5/c19-12-9-11(14(21)22)15(16-12)1-3-18(4-2-15)13(20)10-17-5-7-23-8-6-17/h11H,1-10H2,(H,16,19)(H,21,22). The zero-order valence-corrected chi connectivity index (χ0v) is 13.1. The van der Waals surface area contributed by atoms with Gasteiger partial charge in [-0.05, 0) is 12.8 Å². The van der Waals surface area contributed by atoms with Crippen molar-refractivity contribution in [3.8, 4) is 0 Å². The van der Waals surface area contributed by atoms with Crippen LogP contribution in [0.5, 0.6) is 0 Å². The summed E-state index contributed by atoms with van der Waals surface area (Å²) < 4.78 is 5.27. The van der Waals surface area contributed by atoms with E-state index in [0.29, 0.717) is 45.7 Å². The van der Waals surface area contributed by atoms with Gasteiger partial charge in [0.25, 0.3) is 0 Å². The van der Waals surface area contributed by atoms with Crippen LogP contribution in [0, 0.1) is 5.92 Å². The fourth-order valence-corrected chi connectivity index (χ4v) is 3.80. The summed E-state index contributed by atoms with van der Waals surface area (Å²) in [5, 5.41) is 12.2.